The second kappa shape index (κ2) is 8.30. The van der Waals surface area contributed by atoms with Gasteiger partial charge < -0.3 is 14.4 Å². The van der Waals surface area contributed by atoms with Crippen molar-refractivity contribution in [3.05, 3.63) is 90.8 Å². The van der Waals surface area contributed by atoms with Gasteiger partial charge in [-0.1, -0.05) is 23.7 Å². The van der Waals surface area contributed by atoms with Crippen LogP contribution in [0.2, 0.25) is 0 Å². The van der Waals surface area contributed by atoms with E-state index in [0.717, 1.165) is 33.2 Å². The van der Waals surface area contributed by atoms with Gasteiger partial charge in [0, 0.05) is 56.9 Å². The van der Waals surface area contributed by atoms with Crippen LogP contribution in [0.3, 0.4) is 0 Å². The smallest absolute Gasteiger partial charge is 0.217 e. The van der Waals surface area contributed by atoms with Crippen molar-refractivity contribution in [1.29, 1.82) is 0 Å². The van der Waals surface area contributed by atoms with Crippen LogP contribution in [0.5, 0.6) is 17.4 Å². The molecule has 0 aliphatic rings. The molecule has 7 heteroatoms. The molecule has 0 fully saturated rings. The van der Waals surface area contributed by atoms with E-state index < -0.39 is 0 Å². The molecule has 164 valence electrons. The number of hydrogen-bond acceptors (Lipinski definition) is 5. The first-order valence-corrected chi connectivity index (χ1v) is 10.2. The average Bonchev–Trinajstić information content (AvgIpc) is 3.13. The predicted molar refractivity (Wildman–Crippen MR) is 123 cm³/mol. The molecule has 0 saturated heterocycles. The van der Waals surface area contributed by atoms with Gasteiger partial charge in [0.25, 0.3) is 0 Å². The van der Waals surface area contributed by atoms with Gasteiger partial charge >= 0.3 is 0 Å². The summed E-state index contributed by atoms with van der Waals surface area (Å²) in [5.74, 6) is 1.76. The van der Waals surface area contributed by atoms with Gasteiger partial charge in [0.05, 0.1) is 5.52 Å². The fraction of sp³-hybridized carbons (Fsp3) is 0.0385. The van der Waals surface area contributed by atoms with Gasteiger partial charge in [0.15, 0.2) is 0 Å². The van der Waals surface area contributed by atoms with Gasteiger partial charge in [-0.15, -0.1) is 17.5 Å². The number of para-hydroxylation sites is 1. The molecular formula is C26H17N4O2Pt-. The van der Waals surface area contributed by atoms with Crippen molar-refractivity contribution in [3.63, 3.8) is 0 Å². The van der Waals surface area contributed by atoms with Crippen molar-refractivity contribution < 1.29 is 30.9 Å². The zero-order chi connectivity index (χ0) is 21.7. The molecule has 1 N–H and O–H groups in total. The summed E-state index contributed by atoms with van der Waals surface area (Å²) in [5, 5.41) is 12.3. The molecule has 4 heterocycles. The molecule has 0 amide bonds. The maximum atomic E-state index is 10.1. The number of rotatable bonds is 3. The summed E-state index contributed by atoms with van der Waals surface area (Å²) < 4.78 is 8.11. The number of fused-ring (bicyclic) bond motifs is 4. The molecule has 0 radical (unpaired) electrons. The summed E-state index contributed by atoms with van der Waals surface area (Å²) >= 11 is 0. The number of aryl methyl sites for hydroxylation is 1. The molecule has 0 unspecified atom stereocenters. The average molecular weight is 613 g/mol. The fourth-order valence-electron chi connectivity index (χ4n) is 3.98. The Morgan fingerprint density at radius 1 is 0.909 bits per heavy atom. The minimum atomic E-state index is 0. The number of aromatic nitrogens is 4. The van der Waals surface area contributed by atoms with Crippen LogP contribution in [0.1, 0.15) is 5.56 Å². The van der Waals surface area contributed by atoms with E-state index in [2.05, 4.69) is 37.7 Å². The molecule has 0 aliphatic carbocycles. The van der Waals surface area contributed by atoms with Crippen molar-refractivity contribution in [1.82, 2.24) is 19.5 Å². The molecule has 6 aromatic rings. The van der Waals surface area contributed by atoms with Gasteiger partial charge in [-0.3, -0.25) is 4.98 Å². The van der Waals surface area contributed by atoms with E-state index in [1.807, 2.05) is 49.5 Å². The molecule has 33 heavy (non-hydrogen) atoms. The Labute approximate surface area is 203 Å². The van der Waals surface area contributed by atoms with Crippen LogP contribution in [0.4, 0.5) is 0 Å². The third-order valence-corrected chi connectivity index (χ3v) is 5.44. The molecule has 6 nitrogen and oxygen atoms in total. The summed E-state index contributed by atoms with van der Waals surface area (Å²) in [5.41, 5.74) is 4.04. The molecule has 4 aromatic heterocycles. The van der Waals surface area contributed by atoms with E-state index in [9.17, 15) is 5.11 Å². The third-order valence-electron chi connectivity index (χ3n) is 5.44. The van der Waals surface area contributed by atoms with Crippen molar-refractivity contribution in [2.75, 3.05) is 0 Å². The van der Waals surface area contributed by atoms with Gasteiger partial charge in [0.1, 0.15) is 17.1 Å². The molecule has 0 bridgehead atoms. The Morgan fingerprint density at radius 2 is 1.76 bits per heavy atom. The van der Waals surface area contributed by atoms with Gasteiger partial charge in [0.2, 0.25) is 5.88 Å². The maximum Gasteiger partial charge on any atom is 0.217 e. The van der Waals surface area contributed by atoms with Crippen molar-refractivity contribution in [3.8, 4) is 23.2 Å². The Morgan fingerprint density at radius 3 is 2.64 bits per heavy atom. The topological polar surface area (TPSA) is 73.1 Å². The second-order valence-electron chi connectivity index (χ2n) is 7.58. The maximum absolute atomic E-state index is 10.1. The summed E-state index contributed by atoms with van der Waals surface area (Å²) in [6, 6.07) is 24.5. The van der Waals surface area contributed by atoms with Crippen LogP contribution >= 0.6 is 0 Å². The van der Waals surface area contributed by atoms with Crippen molar-refractivity contribution in [2.45, 2.75) is 6.92 Å². The SMILES string of the molecule is Cc1ccnc(-n2c3[c-]c(Oc4ccc5nccc(O)c5n4)ccc3c3ccccc32)c1.[Pt]. The van der Waals surface area contributed by atoms with Crippen LogP contribution in [0.15, 0.2) is 79.1 Å². The van der Waals surface area contributed by atoms with Crippen LogP contribution in [-0.2, 0) is 21.1 Å². The largest absolute Gasteiger partial charge is 0.506 e. The molecule has 2 aromatic carbocycles. The summed E-state index contributed by atoms with van der Waals surface area (Å²) in [4.78, 5) is 13.2. The number of hydrogen-bond donors (Lipinski definition) is 1. The quantitative estimate of drug-likeness (QED) is 0.259. The molecule has 0 atom stereocenters. The fourth-order valence-corrected chi connectivity index (χ4v) is 3.98. The Kier molecular flexibility index (Phi) is 5.31. The number of aromatic hydroxyl groups is 1. The Hall–Kier alpha value is -3.76. The molecule has 6 rings (SSSR count). The van der Waals surface area contributed by atoms with E-state index in [0.29, 0.717) is 22.7 Å². The van der Waals surface area contributed by atoms with E-state index in [1.165, 1.54) is 6.07 Å². The van der Waals surface area contributed by atoms with E-state index in [1.54, 1.807) is 18.3 Å². The van der Waals surface area contributed by atoms with Crippen molar-refractivity contribution >= 4 is 32.8 Å². The van der Waals surface area contributed by atoms with Gasteiger partial charge in [-0.2, -0.15) is 6.07 Å². The molecular weight excluding hydrogens is 595 g/mol. The monoisotopic (exact) mass is 612 g/mol. The van der Waals surface area contributed by atoms with Crippen LogP contribution in [-0.4, -0.2) is 24.6 Å². The number of benzene rings is 2. The number of pyridine rings is 3. The molecule has 0 spiro atoms. The van der Waals surface area contributed by atoms with Crippen molar-refractivity contribution in [2.24, 2.45) is 0 Å². The zero-order valence-corrected chi connectivity index (χ0v) is 19.7. The second-order valence-corrected chi connectivity index (χ2v) is 7.58. The van der Waals surface area contributed by atoms with Gasteiger partial charge in [-0.25, -0.2) is 9.97 Å². The summed E-state index contributed by atoms with van der Waals surface area (Å²) in [7, 11) is 0. The predicted octanol–water partition coefficient (Wildman–Crippen LogP) is 5.73. The van der Waals surface area contributed by atoms with E-state index in [-0.39, 0.29) is 26.8 Å². The van der Waals surface area contributed by atoms with Crippen LogP contribution in [0, 0.1) is 13.0 Å². The first-order chi connectivity index (χ1) is 15.7. The third kappa shape index (κ3) is 3.62. The first-order valence-electron chi connectivity index (χ1n) is 10.2. The van der Waals surface area contributed by atoms with E-state index >= 15 is 0 Å². The Balaban J connectivity index is 0.00000228. The van der Waals surface area contributed by atoms with Crippen LogP contribution in [0.25, 0.3) is 38.7 Å². The summed E-state index contributed by atoms with van der Waals surface area (Å²) in [6.07, 6.45) is 3.35. The Bertz CT molecular complexity index is 1640. The molecule has 0 saturated carbocycles. The van der Waals surface area contributed by atoms with Gasteiger partial charge in [-0.05, 0) is 42.1 Å². The zero-order valence-electron chi connectivity index (χ0n) is 17.5. The minimum Gasteiger partial charge on any atom is -0.506 e. The normalized spacial score (nSPS) is 11.1. The van der Waals surface area contributed by atoms with E-state index in [4.69, 9.17) is 4.74 Å². The van der Waals surface area contributed by atoms with Crippen LogP contribution < -0.4 is 4.74 Å². The minimum absolute atomic E-state index is 0. The number of nitrogens with zero attached hydrogens (tertiary/aromatic N) is 4. The number of ether oxygens (including phenoxy) is 1. The first kappa shape index (κ1) is 21.1. The molecule has 0 aliphatic heterocycles. The standard InChI is InChI=1S/C26H17N4O2.Pt/c1-16-10-12-28-24(14-16)30-21-5-3-2-4-18(21)19-7-6-17(15-22(19)30)32-25-9-8-20-26(29-25)23(31)11-13-27-20;/h2-14H,1H3,(H,27,31);/q-1;. The summed E-state index contributed by atoms with van der Waals surface area (Å²) in [6.45, 7) is 2.05.